The summed E-state index contributed by atoms with van der Waals surface area (Å²) < 4.78 is 11.4. The van der Waals surface area contributed by atoms with Gasteiger partial charge >= 0.3 is 0 Å². The van der Waals surface area contributed by atoms with Crippen molar-refractivity contribution in [2.45, 2.75) is 32.4 Å². The summed E-state index contributed by atoms with van der Waals surface area (Å²) in [4.78, 5) is 6.62. The molecule has 0 radical (unpaired) electrons. The molecule has 5 nitrogen and oxygen atoms in total. The van der Waals surface area contributed by atoms with E-state index in [4.69, 9.17) is 9.47 Å². The van der Waals surface area contributed by atoms with E-state index < -0.39 is 0 Å². The van der Waals surface area contributed by atoms with Crippen LogP contribution in [0.15, 0.2) is 53.5 Å². The van der Waals surface area contributed by atoms with Crippen LogP contribution < -0.4 is 10.1 Å². The highest BCUT2D eigenvalue weighted by Gasteiger charge is 2.27. The predicted molar refractivity (Wildman–Crippen MR) is 134 cm³/mol. The Hall–Kier alpha value is -1.80. The molecule has 164 valence electrons. The maximum atomic E-state index is 6.16. The Morgan fingerprint density at radius 1 is 1.17 bits per heavy atom. The third-order valence-electron chi connectivity index (χ3n) is 5.53. The van der Waals surface area contributed by atoms with Crippen LogP contribution in [0.1, 0.15) is 35.6 Å². The topological polar surface area (TPSA) is 46.1 Å². The third kappa shape index (κ3) is 6.60. The van der Waals surface area contributed by atoms with Crippen LogP contribution in [-0.2, 0) is 11.3 Å². The van der Waals surface area contributed by atoms with Crippen molar-refractivity contribution in [2.24, 2.45) is 10.9 Å². The van der Waals surface area contributed by atoms with E-state index >= 15 is 0 Å². The van der Waals surface area contributed by atoms with Crippen LogP contribution in [0.3, 0.4) is 0 Å². The van der Waals surface area contributed by atoms with Crippen molar-refractivity contribution >= 4 is 29.9 Å². The average Bonchev–Trinajstić information content (AvgIpc) is 2.75. The molecule has 0 aromatic heterocycles. The van der Waals surface area contributed by atoms with Gasteiger partial charge < -0.3 is 19.7 Å². The first kappa shape index (κ1) is 24.5. The minimum atomic E-state index is 0. The summed E-state index contributed by atoms with van der Waals surface area (Å²) in [5.74, 6) is 2.20. The highest BCUT2D eigenvalue weighted by Crippen LogP contribution is 2.33. The van der Waals surface area contributed by atoms with E-state index in [-0.39, 0.29) is 30.1 Å². The van der Waals surface area contributed by atoms with Crippen molar-refractivity contribution in [3.63, 3.8) is 0 Å². The Morgan fingerprint density at radius 2 is 1.87 bits per heavy atom. The van der Waals surface area contributed by atoms with Gasteiger partial charge in [0.2, 0.25) is 0 Å². The highest BCUT2D eigenvalue weighted by atomic mass is 127. The van der Waals surface area contributed by atoms with Crippen molar-refractivity contribution < 1.29 is 9.47 Å². The van der Waals surface area contributed by atoms with Crippen molar-refractivity contribution in [1.29, 1.82) is 0 Å². The highest BCUT2D eigenvalue weighted by molar-refractivity contribution is 14.0. The number of halogens is 1. The molecular weight excluding hydrogens is 489 g/mol. The zero-order chi connectivity index (χ0) is 20.6. The van der Waals surface area contributed by atoms with Gasteiger partial charge in [-0.05, 0) is 43.0 Å². The normalized spacial score (nSPS) is 19.0. The quantitative estimate of drug-likeness (QED) is 0.336. The summed E-state index contributed by atoms with van der Waals surface area (Å²) in [6, 6.07) is 16.9. The molecule has 0 amide bonds. The molecule has 0 spiro atoms. The maximum Gasteiger partial charge on any atom is 0.193 e. The van der Waals surface area contributed by atoms with Gasteiger partial charge in [0.25, 0.3) is 0 Å². The van der Waals surface area contributed by atoms with Gasteiger partial charge in [-0.2, -0.15) is 0 Å². The van der Waals surface area contributed by atoms with Gasteiger partial charge in [-0.25, -0.2) is 0 Å². The van der Waals surface area contributed by atoms with Crippen molar-refractivity contribution in [1.82, 2.24) is 10.2 Å². The number of methoxy groups -OCH3 is 1. The second-order valence-electron chi connectivity index (χ2n) is 7.74. The predicted octanol–water partition coefficient (Wildman–Crippen LogP) is 4.80. The van der Waals surface area contributed by atoms with Gasteiger partial charge in [0.05, 0.1) is 13.2 Å². The Bertz CT molecular complexity index is 793. The molecule has 1 N–H and O–H groups in total. The first-order valence-electron chi connectivity index (χ1n) is 10.3. The van der Waals surface area contributed by atoms with E-state index in [0.29, 0.717) is 5.92 Å². The molecule has 3 rings (SSSR count). The number of guanidine groups is 1. The number of nitrogens with zero attached hydrogens (tertiary/aromatic N) is 2. The number of aryl methyl sites for hydroxylation is 1. The Labute approximate surface area is 197 Å². The summed E-state index contributed by atoms with van der Waals surface area (Å²) in [6.45, 7) is 4.58. The molecule has 2 atom stereocenters. The van der Waals surface area contributed by atoms with Crippen LogP contribution in [-0.4, -0.2) is 45.2 Å². The number of nitrogens with one attached hydrogen (secondary N) is 1. The van der Waals surface area contributed by atoms with Gasteiger partial charge in [0.15, 0.2) is 5.96 Å². The number of rotatable bonds is 6. The van der Waals surface area contributed by atoms with Crippen LogP contribution in [0.5, 0.6) is 5.75 Å². The molecule has 0 saturated carbocycles. The van der Waals surface area contributed by atoms with E-state index in [2.05, 4.69) is 65.6 Å². The Morgan fingerprint density at radius 3 is 2.50 bits per heavy atom. The summed E-state index contributed by atoms with van der Waals surface area (Å²) >= 11 is 0. The fraction of sp³-hybridized carbons (Fsp3) is 0.458. The second-order valence-corrected chi connectivity index (χ2v) is 7.74. The van der Waals surface area contributed by atoms with Crippen molar-refractivity contribution in [3.8, 4) is 5.75 Å². The van der Waals surface area contributed by atoms with Gasteiger partial charge in [-0.15, -0.1) is 24.0 Å². The molecule has 1 aliphatic rings. The van der Waals surface area contributed by atoms with E-state index in [1.807, 2.05) is 19.2 Å². The lowest BCUT2D eigenvalue weighted by Gasteiger charge is -2.33. The SMILES string of the molecule is CN=C(NCC1CCCOC1c1ccc(C)cc1)N(C)Cc1ccc(OC)cc1.I. The van der Waals surface area contributed by atoms with Crippen LogP contribution >= 0.6 is 24.0 Å². The molecule has 1 heterocycles. The zero-order valence-corrected chi connectivity index (χ0v) is 20.8. The van der Waals surface area contributed by atoms with E-state index in [1.54, 1.807) is 7.11 Å². The van der Waals surface area contributed by atoms with Gasteiger partial charge in [-0.1, -0.05) is 42.0 Å². The zero-order valence-electron chi connectivity index (χ0n) is 18.4. The minimum absolute atomic E-state index is 0. The molecule has 0 aliphatic carbocycles. The van der Waals surface area contributed by atoms with Crippen molar-refractivity contribution in [2.75, 3.05) is 34.4 Å². The monoisotopic (exact) mass is 523 g/mol. The number of benzene rings is 2. The largest absolute Gasteiger partial charge is 0.497 e. The van der Waals surface area contributed by atoms with Crippen molar-refractivity contribution in [3.05, 3.63) is 65.2 Å². The van der Waals surface area contributed by atoms with Gasteiger partial charge in [-0.3, -0.25) is 4.99 Å². The van der Waals surface area contributed by atoms with E-state index in [9.17, 15) is 0 Å². The summed E-state index contributed by atoms with van der Waals surface area (Å²) in [5, 5.41) is 3.56. The van der Waals surface area contributed by atoms with Crippen LogP contribution in [0.25, 0.3) is 0 Å². The first-order chi connectivity index (χ1) is 14.1. The molecular formula is C24H34IN3O2. The number of ether oxygens (including phenoxy) is 2. The van der Waals surface area contributed by atoms with Gasteiger partial charge in [0.1, 0.15) is 5.75 Å². The van der Waals surface area contributed by atoms with E-state index in [0.717, 1.165) is 44.2 Å². The molecule has 2 aromatic rings. The second kappa shape index (κ2) is 12.2. The summed E-state index contributed by atoms with van der Waals surface area (Å²) in [5.41, 5.74) is 3.76. The molecule has 6 heteroatoms. The lowest BCUT2D eigenvalue weighted by atomic mass is 9.89. The number of hydrogen-bond acceptors (Lipinski definition) is 3. The minimum Gasteiger partial charge on any atom is -0.497 e. The lowest BCUT2D eigenvalue weighted by Crippen LogP contribution is -2.42. The first-order valence-corrected chi connectivity index (χ1v) is 10.3. The molecule has 0 bridgehead atoms. The molecule has 1 aliphatic heterocycles. The smallest absolute Gasteiger partial charge is 0.193 e. The fourth-order valence-electron chi connectivity index (χ4n) is 3.86. The Kier molecular flexibility index (Phi) is 9.91. The van der Waals surface area contributed by atoms with Crippen LogP contribution in [0, 0.1) is 12.8 Å². The molecule has 2 unspecified atom stereocenters. The standard InChI is InChI=1S/C24H33N3O2.HI/c1-18-7-11-20(12-8-18)23-21(6-5-15-29-23)16-26-24(25-2)27(3)17-19-9-13-22(28-4)14-10-19;/h7-14,21,23H,5-6,15-17H2,1-4H3,(H,25,26);1H. The molecule has 1 fully saturated rings. The van der Waals surface area contributed by atoms with Crippen LogP contribution in [0.2, 0.25) is 0 Å². The Balaban J connectivity index is 0.00000320. The molecule has 30 heavy (non-hydrogen) atoms. The summed E-state index contributed by atoms with van der Waals surface area (Å²) in [7, 11) is 5.59. The average molecular weight is 523 g/mol. The third-order valence-corrected chi connectivity index (χ3v) is 5.53. The van der Waals surface area contributed by atoms with Crippen LogP contribution in [0.4, 0.5) is 0 Å². The van der Waals surface area contributed by atoms with E-state index in [1.165, 1.54) is 16.7 Å². The molecule has 2 aromatic carbocycles. The maximum absolute atomic E-state index is 6.16. The molecule has 1 saturated heterocycles. The van der Waals surface area contributed by atoms with Gasteiger partial charge in [0, 0.05) is 39.7 Å². The lowest BCUT2D eigenvalue weighted by molar-refractivity contribution is -0.0266. The summed E-state index contributed by atoms with van der Waals surface area (Å²) in [6.07, 6.45) is 2.40. The number of hydrogen-bond donors (Lipinski definition) is 1. The fourth-order valence-corrected chi connectivity index (χ4v) is 3.86. The number of aliphatic imine (C=N–C) groups is 1.